The van der Waals surface area contributed by atoms with Crippen LogP contribution in [0.3, 0.4) is 0 Å². The van der Waals surface area contributed by atoms with Gasteiger partial charge >= 0.3 is 6.09 Å². The highest BCUT2D eigenvalue weighted by molar-refractivity contribution is 5.82. The van der Waals surface area contributed by atoms with Crippen LogP contribution in [-0.2, 0) is 9.53 Å². The fraction of sp³-hybridized carbons (Fsp3) is 0.556. The Labute approximate surface area is 143 Å². The predicted octanol–water partition coefficient (Wildman–Crippen LogP) is 2.15. The first-order valence-corrected chi connectivity index (χ1v) is 8.37. The van der Waals surface area contributed by atoms with Gasteiger partial charge in [0.25, 0.3) is 0 Å². The number of hydrogen-bond acceptors (Lipinski definition) is 4. The molecule has 0 bridgehead atoms. The van der Waals surface area contributed by atoms with Crippen LogP contribution in [0.4, 0.5) is 10.5 Å². The van der Waals surface area contributed by atoms with E-state index in [1.165, 1.54) is 5.69 Å². The lowest BCUT2D eigenvalue weighted by atomic mass is 10.1. The summed E-state index contributed by atoms with van der Waals surface area (Å²) in [5, 5.41) is 5.34. The number of alkyl carbamates (subject to hydrolysis) is 1. The van der Waals surface area contributed by atoms with Gasteiger partial charge in [-0.15, -0.1) is 0 Å². The maximum Gasteiger partial charge on any atom is 0.408 e. The summed E-state index contributed by atoms with van der Waals surface area (Å²) >= 11 is 0. The van der Waals surface area contributed by atoms with Gasteiger partial charge in [-0.05, 0) is 45.2 Å². The first-order chi connectivity index (χ1) is 11.3. The van der Waals surface area contributed by atoms with E-state index in [9.17, 15) is 9.59 Å². The van der Waals surface area contributed by atoms with Gasteiger partial charge in [-0.25, -0.2) is 4.79 Å². The summed E-state index contributed by atoms with van der Waals surface area (Å²) in [7, 11) is 0. The van der Waals surface area contributed by atoms with Crippen molar-refractivity contribution in [1.29, 1.82) is 0 Å². The molecule has 2 rings (SSSR count). The Morgan fingerprint density at radius 3 is 2.58 bits per heavy atom. The Bertz CT molecular complexity index is 554. The lowest BCUT2D eigenvalue weighted by Crippen LogP contribution is -2.41. The Morgan fingerprint density at radius 2 is 1.92 bits per heavy atom. The molecule has 1 aromatic carbocycles. The van der Waals surface area contributed by atoms with E-state index in [0.717, 1.165) is 19.5 Å². The Balaban J connectivity index is 1.65. The number of hydrogen-bond donors (Lipinski definition) is 2. The van der Waals surface area contributed by atoms with Crippen LogP contribution in [0.15, 0.2) is 30.3 Å². The van der Waals surface area contributed by atoms with Gasteiger partial charge < -0.3 is 20.3 Å². The summed E-state index contributed by atoms with van der Waals surface area (Å²) in [6.07, 6.45) is 0.475. The molecule has 6 heteroatoms. The minimum Gasteiger partial charge on any atom is -0.444 e. The second-order valence-electron chi connectivity index (χ2n) is 7.10. The van der Waals surface area contributed by atoms with Crippen LogP contribution in [0.5, 0.6) is 0 Å². The standard InChI is InChI=1S/C18H27N3O3/c1-18(2,3)24-17(23)20-12-16(22)19-11-14-9-10-21(13-14)15-7-5-4-6-8-15/h4-8,14H,9-13H2,1-3H3,(H,19,22)(H,20,23)/t14-/m0/s1. The highest BCUT2D eigenvalue weighted by Crippen LogP contribution is 2.22. The molecule has 132 valence electrons. The average Bonchev–Trinajstić information content (AvgIpc) is 2.99. The number of rotatable bonds is 5. The molecule has 1 atom stereocenters. The molecule has 0 unspecified atom stereocenters. The van der Waals surface area contributed by atoms with Crippen molar-refractivity contribution in [3.05, 3.63) is 30.3 Å². The van der Waals surface area contributed by atoms with Gasteiger partial charge in [-0.3, -0.25) is 4.79 Å². The third-order valence-electron chi connectivity index (χ3n) is 3.79. The SMILES string of the molecule is CC(C)(C)OC(=O)NCC(=O)NC[C@@H]1CCN(c2ccccc2)C1. The lowest BCUT2D eigenvalue weighted by Gasteiger charge is -2.20. The van der Waals surface area contributed by atoms with Gasteiger partial charge in [0.2, 0.25) is 5.91 Å². The van der Waals surface area contributed by atoms with Crippen molar-refractivity contribution in [3.63, 3.8) is 0 Å². The number of anilines is 1. The monoisotopic (exact) mass is 333 g/mol. The zero-order valence-corrected chi connectivity index (χ0v) is 14.7. The molecule has 1 heterocycles. The van der Waals surface area contributed by atoms with E-state index < -0.39 is 11.7 Å². The van der Waals surface area contributed by atoms with E-state index in [-0.39, 0.29) is 12.5 Å². The molecule has 1 aliphatic heterocycles. The van der Waals surface area contributed by atoms with Crippen LogP contribution in [-0.4, -0.2) is 43.8 Å². The highest BCUT2D eigenvalue weighted by Gasteiger charge is 2.23. The van der Waals surface area contributed by atoms with E-state index in [2.05, 4.69) is 27.7 Å². The highest BCUT2D eigenvalue weighted by atomic mass is 16.6. The topological polar surface area (TPSA) is 70.7 Å². The predicted molar refractivity (Wildman–Crippen MR) is 94.0 cm³/mol. The maximum absolute atomic E-state index is 11.8. The molecule has 0 aromatic heterocycles. The second kappa shape index (κ2) is 8.04. The van der Waals surface area contributed by atoms with Gasteiger partial charge in [0.1, 0.15) is 5.60 Å². The van der Waals surface area contributed by atoms with E-state index in [1.54, 1.807) is 20.8 Å². The number of carbonyl (C=O) groups is 2. The smallest absolute Gasteiger partial charge is 0.408 e. The van der Waals surface area contributed by atoms with Gasteiger partial charge in [-0.2, -0.15) is 0 Å². The van der Waals surface area contributed by atoms with Crippen molar-refractivity contribution < 1.29 is 14.3 Å². The van der Waals surface area contributed by atoms with Gasteiger partial charge in [0.05, 0.1) is 6.54 Å². The van der Waals surface area contributed by atoms with Crippen LogP contribution in [0, 0.1) is 5.92 Å². The fourth-order valence-corrected chi connectivity index (χ4v) is 2.66. The second-order valence-corrected chi connectivity index (χ2v) is 7.10. The molecule has 0 radical (unpaired) electrons. The molecule has 6 nitrogen and oxygen atoms in total. The number of benzene rings is 1. The third kappa shape index (κ3) is 6.10. The molecule has 0 aliphatic carbocycles. The Morgan fingerprint density at radius 1 is 1.21 bits per heavy atom. The normalized spacial score (nSPS) is 17.5. The minimum atomic E-state index is -0.575. The molecule has 1 saturated heterocycles. The van der Waals surface area contributed by atoms with E-state index in [4.69, 9.17) is 4.74 Å². The third-order valence-corrected chi connectivity index (χ3v) is 3.79. The van der Waals surface area contributed by atoms with E-state index in [0.29, 0.717) is 12.5 Å². The summed E-state index contributed by atoms with van der Waals surface area (Å²) in [6.45, 7) is 7.84. The number of amides is 2. The Hall–Kier alpha value is -2.24. The molecule has 0 spiro atoms. The van der Waals surface area contributed by atoms with Crippen LogP contribution in [0.2, 0.25) is 0 Å². The summed E-state index contributed by atoms with van der Waals surface area (Å²) in [6, 6.07) is 10.3. The van der Waals surface area contributed by atoms with Crippen LogP contribution in [0.25, 0.3) is 0 Å². The number of carbonyl (C=O) groups excluding carboxylic acids is 2. The number of para-hydroxylation sites is 1. The zero-order valence-electron chi connectivity index (χ0n) is 14.7. The van der Waals surface area contributed by atoms with Gasteiger partial charge in [-0.1, -0.05) is 18.2 Å². The van der Waals surface area contributed by atoms with Crippen molar-refractivity contribution >= 4 is 17.7 Å². The summed E-state index contributed by atoms with van der Waals surface area (Å²) in [5.41, 5.74) is 0.656. The largest absolute Gasteiger partial charge is 0.444 e. The fourth-order valence-electron chi connectivity index (χ4n) is 2.66. The number of nitrogens with zero attached hydrogens (tertiary/aromatic N) is 1. The molecule has 1 aromatic rings. The first-order valence-electron chi connectivity index (χ1n) is 8.37. The maximum atomic E-state index is 11.8. The molecule has 0 saturated carbocycles. The van der Waals surface area contributed by atoms with Gasteiger partial charge in [0, 0.05) is 25.3 Å². The minimum absolute atomic E-state index is 0.0654. The summed E-state index contributed by atoms with van der Waals surface area (Å²) in [5.74, 6) is 0.231. The summed E-state index contributed by atoms with van der Waals surface area (Å²) < 4.78 is 5.09. The zero-order chi connectivity index (χ0) is 17.6. The van der Waals surface area contributed by atoms with Crippen LogP contribution < -0.4 is 15.5 Å². The Kier molecular flexibility index (Phi) is 6.06. The quantitative estimate of drug-likeness (QED) is 0.866. The molecule has 1 fully saturated rings. The van der Waals surface area contributed by atoms with Crippen molar-refractivity contribution in [2.45, 2.75) is 32.8 Å². The lowest BCUT2D eigenvalue weighted by molar-refractivity contribution is -0.120. The summed E-state index contributed by atoms with van der Waals surface area (Å²) in [4.78, 5) is 25.7. The van der Waals surface area contributed by atoms with Crippen LogP contribution >= 0.6 is 0 Å². The van der Waals surface area contributed by atoms with Crippen molar-refractivity contribution in [3.8, 4) is 0 Å². The number of ether oxygens (including phenoxy) is 1. The van der Waals surface area contributed by atoms with Crippen molar-refractivity contribution in [2.75, 3.05) is 31.1 Å². The molecule has 1 aliphatic rings. The van der Waals surface area contributed by atoms with E-state index in [1.807, 2.05) is 18.2 Å². The van der Waals surface area contributed by atoms with E-state index >= 15 is 0 Å². The van der Waals surface area contributed by atoms with Crippen LogP contribution in [0.1, 0.15) is 27.2 Å². The number of nitrogens with one attached hydrogen (secondary N) is 2. The molecule has 24 heavy (non-hydrogen) atoms. The first kappa shape index (κ1) is 18.1. The van der Waals surface area contributed by atoms with Crippen molar-refractivity contribution in [1.82, 2.24) is 10.6 Å². The average molecular weight is 333 g/mol. The van der Waals surface area contributed by atoms with Crippen molar-refractivity contribution in [2.24, 2.45) is 5.92 Å². The van der Waals surface area contributed by atoms with Gasteiger partial charge in [0.15, 0.2) is 0 Å². The molecular weight excluding hydrogens is 306 g/mol. The molecular formula is C18H27N3O3. The molecule has 2 amide bonds. The molecule has 2 N–H and O–H groups in total.